The molecule has 0 unspecified atom stereocenters. The normalized spacial score (nSPS) is 10.8. The van der Waals surface area contributed by atoms with Crippen molar-refractivity contribution in [1.82, 2.24) is 4.57 Å². The molecule has 1 aromatic heterocycles. The monoisotopic (exact) mass is 271 g/mol. The van der Waals surface area contributed by atoms with Gasteiger partial charge < -0.3 is 5.11 Å². The molecular weight excluding hydrogens is 254 g/mol. The molecule has 0 aliphatic heterocycles. The Balaban J connectivity index is 2.56. The van der Waals surface area contributed by atoms with Crippen LogP contribution in [0.3, 0.4) is 0 Å². The number of aromatic carboxylic acids is 1. The number of aromatic nitrogens is 1. The summed E-state index contributed by atoms with van der Waals surface area (Å²) in [6, 6.07) is 9.20. The van der Waals surface area contributed by atoms with Crippen molar-refractivity contribution < 1.29 is 9.90 Å². The second kappa shape index (κ2) is 5.33. The van der Waals surface area contributed by atoms with Gasteiger partial charge in [0.2, 0.25) is 0 Å². The third-order valence-electron chi connectivity index (χ3n) is 3.35. The number of hydrogen-bond donors (Lipinski definition) is 1. The summed E-state index contributed by atoms with van der Waals surface area (Å²) >= 11 is 0. The first-order valence-corrected chi connectivity index (χ1v) is 6.47. The van der Waals surface area contributed by atoms with Crippen LogP contribution in [0.2, 0.25) is 0 Å². The fourth-order valence-electron chi connectivity index (χ4n) is 2.11. The van der Waals surface area contributed by atoms with Crippen LogP contribution in [0.15, 0.2) is 41.3 Å². The summed E-state index contributed by atoms with van der Waals surface area (Å²) in [7, 11) is 0. The van der Waals surface area contributed by atoms with Gasteiger partial charge in [0.1, 0.15) is 5.56 Å². The first kappa shape index (κ1) is 14.1. The van der Waals surface area contributed by atoms with Crippen LogP contribution in [-0.2, 0) is 0 Å². The minimum atomic E-state index is -1.19. The zero-order valence-electron chi connectivity index (χ0n) is 11.8. The molecule has 1 heterocycles. The SMILES string of the molecule is Cc1ccn(-c2ccc(C(C)C)cc2)c(=O)c1C(=O)O. The zero-order valence-corrected chi connectivity index (χ0v) is 11.8. The molecule has 1 N–H and O–H groups in total. The molecule has 2 rings (SSSR count). The third-order valence-corrected chi connectivity index (χ3v) is 3.35. The van der Waals surface area contributed by atoms with Crippen LogP contribution in [0, 0.1) is 6.92 Å². The van der Waals surface area contributed by atoms with E-state index in [1.807, 2.05) is 24.3 Å². The minimum Gasteiger partial charge on any atom is -0.477 e. The van der Waals surface area contributed by atoms with E-state index in [2.05, 4.69) is 13.8 Å². The number of benzene rings is 1. The van der Waals surface area contributed by atoms with Crippen molar-refractivity contribution >= 4 is 5.97 Å². The van der Waals surface area contributed by atoms with Crippen molar-refractivity contribution in [1.29, 1.82) is 0 Å². The maximum absolute atomic E-state index is 12.2. The summed E-state index contributed by atoms with van der Waals surface area (Å²) in [5.41, 5.74) is 1.63. The Morgan fingerprint density at radius 3 is 2.25 bits per heavy atom. The lowest BCUT2D eigenvalue weighted by atomic mass is 10.0. The van der Waals surface area contributed by atoms with Crippen LogP contribution in [0.4, 0.5) is 0 Å². The van der Waals surface area contributed by atoms with Gasteiger partial charge in [-0.15, -0.1) is 0 Å². The number of pyridine rings is 1. The maximum Gasteiger partial charge on any atom is 0.341 e. The van der Waals surface area contributed by atoms with Gasteiger partial charge in [-0.3, -0.25) is 9.36 Å². The van der Waals surface area contributed by atoms with Gasteiger partial charge in [-0.2, -0.15) is 0 Å². The van der Waals surface area contributed by atoms with Gasteiger partial charge >= 0.3 is 5.97 Å². The van der Waals surface area contributed by atoms with E-state index in [1.54, 1.807) is 19.2 Å². The molecule has 0 bridgehead atoms. The summed E-state index contributed by atoms with van der Waals surface area (Å²) < 4.78 is 1.36. The molecule has 20 heavy (non-hydrogen) atoms. The molecular formula is C16H17NO3. The van der Waals surface area contributed by atoms with Crippen LogP contribution in [0.25, 0.3) is 5.69 Å². The Morgan fingerprint density at radius 2 is 1.75 bits per heavy atom. The van der Waals surface area contributed by atoms with Crippen molar-refractivity contribution in [3.05, 3.63) is 63.6 Å². The number of carboxylic acid groups (broad SMARTS) is 1. The highest BCUT2D eigenvalue weighted by molar-refractivity contribution is 5.88. The van der Waals surface area contributed by atoms with E-state index in [0.717, 1.165) is 0 Å². The van der Waals surface area contributed by atoms with Crippen molar-refractivity contribution in [2.75, 3.05) is 0 Å². The van der Waals surface area contributed by atoms with E-state index >= 15 is 0 Å². The molecule has 104 valence electrons. The molecule has 4 heteroatoms. The van der Waals surface area contributed by atoms with Gasteiger partial charge in [0, 0.05) is 11.9 Å². The molecule has 0 saturated carbocycles. The lowest BCUT2D eigenvalue weighted by molar-refractivity contribution is 0.0694. The average molecular weight is 271 g/mol. The standard InChI is InChI=1S/C16H17NO3/c1-10(2)12-4-6-13(7-5-12)17-9-8-11(3)14(15(17)18)16(19)20/h4-10H,1-3H3,(H,19,20). The smallest absolute Gasteiger partial charge is 0.341 e. The lowest BCUT2D eigenvalue weighted by Crippen LogP contribution is -2.26. The predicted octanol–water partition coefficient (Wildman–Crippen LogP) is 2.97. The summed E-state index contributed by atoms with van der Waals surface area (Å²) in [6.45, 7) is 5.81. The molecule has 1 aromatic carbocycles. The van der Waals surface area contributed by atoms with Gasteiger partial charge in [-0.1, -0.05) is 26.0 Å². The summed E-state index contributed by atoms with van der Waals surface area (Å²) in [5, 5.41) is 9.12. The van der Waals surface area contributed by atoms with Gasteiger partial charge in [0.25, 0.3) is 5.56 Å². The summed E-state index contributed by atoms with van der Waals surface area (Å²) in [5.74, 6) is -0.783. The number of hydrogen-bond acceptors (Lipinski definition) is 2. The van der Waals surface area contributed by atoms with E-state index in [1.165, 1.54) is 10.1 Å². The summed E-state index contributed by atoms with van der Waals surface area (Å²) in [6.07, 6.45) is 1.61. The van der Waals surface area contributed by atoms with Crippen LogP contribution in [0.1, 0.15) is 41.3 Å². The van der Waals surface area contributed by atoms with Crippen molar-refractivity contribution in [3.8, 4) is 5.69 Å². The van der Waals surface area contributed by atoms with Crippen LogP contribution in [-0.4, -0.2) is 15.6 Å². The van der Waals surface area contributed by atoms with Crippen molar-refractivity contribution in [2.24, 2.45) is 0 Å². The maximum atomic E-state index is 12.2. The number of rotatable bonds is 3. The molecule has 4 nitrogen and oxygen atoms in total. The highest BCUT2D eigenvalue weighted by Gasteiger charge is 2.15. The van der Waals surface area contributed by atoms with Crippen molar-refractivity contribution in [3.63, 3.8) is 0 Å². The Hall–Kier alpha value is -2.36. The van der Waals surface area contributed by atoms with Gasteiger partial charge in [0.05, 0.1) is 0 Å². The molecule has 2 aromatic rings. The number of carboxylic acids is 1. The molecule has 0 saturated heterocycles. The van der Waals surface area contributed by atoms with Crippen LogP contribution < -0.4 is 5.56 Å². The van der Waals surface area contributed by atoms with E-state index in [4.69, 9.17) is 5.11 Å². The van der Waals surface area contributed by atoms with E-state index in [9.17, 15) is 9.59 Å². The van der Waals surface area contributed by atoms with Crippen LogP contribution in [0.5, 0.6) is 0 Å². The van der Waals surface area contributed by atoms with E-state index in [-0.39, 0.29) is 5.56 Å². The highest BCUT2D eigenvalue weighted by Crippen LogP contribution is 2.16. The fourth-order valence-corrected chi connectivity index (χ4v) is 2.11. The lowest BCUT2D eigenvalue weighted by Gasteiger charge is -2.10. The summed E-state index contributed by atoms with van der Waals surface area (Å²) in [4.78, 5) is 23.4. The van der Waals surface area contributed by atoms with Crippen LogP contribution >= 0.6 is 0 Å². The highest BCUT2D eigenvalue weighted by atomic mass is 16.4. The van der Waals surface area contributed by atoms with Gasteiger partial charge in [0.15, 0.2) is 0 Å². The zero-order chi connectivity index (χ0) is 14.9. The van der Waals surface area contributed by atoms with Gasteiger partial charge in [-0.25, -0.2) is 4.79 Å². The molecule has 0 aliphatic carbocycles. The Labute approximate surface area is 117 Å². The van der Waals surface area contributed by atoms with E-state index in [0.29, 0.717) is 17.2 Å². The van der Waals surface area contributed by atoms with Gasteiger partial charge in [-0.05, 0) is 42.2 Å². The first-order valence-electron chi connectivity index (χ1n) is 6.47. The third kappa shape index (κ3) is 2.50. The quantitative estimate of drug-likeness (QED) is 0.933. The number of carbonyl (C=O) groups is 1. The van der Waals surface area contributed by atoms with Crippen molar-refractivity contribution in [2.45, 2.75) is 26.7 Å². The fraction of sp³-hybridized carbons (Fsp3) is 0.250. The molecule has 0 aliphatic rings. The largest absolute Gasteiger partial charge is 0.477 e. The molecule has 0 amide bonds. The molecule has 0 atom stereocenters. The average Bonchev–Trinajstić information content (AvgIpc) is 2.38. The topological polar surface area (TPSA) is 59.3 Å². The number of aryl methyl sites for hydroxylation is 1. The predicted molar refractivity (Wildman–Crippen MR) is 77.8 cm³/mol. The Morgan fingerprint density at radius 1 is 1.15 bits per heavy atom. The number of nitrogens with zero attached hydrogens (tertiary/aromatic N) is 1. The first-order chi connectivity index (χ1) is 9.41. The minimum absolute atomic E-state index is 0.180. The molecule has 0 radical (unpaired) electrons. The Kier molecular flexibility index (Phi) is 3.74. The molecule has 0 fully saturated rings. The second-order valence-corrected chi connectivity index (χ2v) is 5.10. The molecule has 0 spiro atoms. The van der Waals surface area contributed by atoms with E-state index < -0.39 is 11.5 Å². The Bertz CT molecular complexity index is 697. The second-order valence-electron chi connectivity index (χ2n) is 5.10.